The van der Waals surface area contributed by atoms with Crippen molar-refractivity contribution in [1.82, 2.24) is 5.32 Å². The summed E-state index contributed by atoms with van der Waals surface area (Å²) in [7, 11) is 0. The predicted molar refractivity (Wildman–Crippen MR) is 90.6 cm³/mol. The number of hydrogen-bond donors (Lipinski definition) is 1. The maximum atomic E-state index is 9.38. The van der Waals surface area contributed by atoms with Gasteiger partial charge in [-0.1, -0.05) is 12.1 Å². The van der Waals surface area contributed by atoms with Crippen LogP contribution in [0.15, 0.2) is 24.3 Å². The minimum absolute atomic E-state index is 0.328. The van der Waals surface area contributed by atoms with Crippen LogP contribution >= 0.6 is 0 Å². The van der Waals surface area contributed by atoms with Crippen molar-refractivity contribution in [2.24, 2.45) is 0 Å². The molecule has 0 aliphatic heterocycles. The van der Waals surface area contributed by atoms with Gasteiger partial charge in [0, 0.05) is 24.8 Å². The number of benzene rings is 1. The Bertz CT molecular complexity index is 476. The molecule has 0 aliphatic rings. The van der Waals surface area contributed by atoms with Crippen molar-refractivity contribution in [2.75, 3.05) is 18.0 Å². The number of rotatable bonds is 8. The summed E-state index contributed by atoms with van der Waals surface area (Å²) >= 11 is 0. The Kier molecular flexibility index (Phi) is 6.71. The summed E-state index contributed by atoms with van der Waals surface area (Å²) in [6.45, 7) is 12.4. The zero-order valence-electron chi connectivity index (χ0n) is 14.1. The average molecular weight is 287 g/mol. The maximum absolute atomic E-state index is 9.38. The lowest BCUT2D eigenvalue weighted by Gasteiger charge is -2.28. The van der Waals surface area contributed by atoms with Crippen LogP contribution < -0.4 is 10.2 Å². The predicted octanol–water partition coefficient (Wildman–Crippen LogP) is 3.88. The van der Waals surface area contributed by atoms with Crippen LogP contribution in [0.4, 0.5) is 5.69 Å². The summed E-state index contributed by atoms with van der Waals surface area (Å²) in [5.74, 6) is 0. The van der Waals surface area contributed by atoms with Gasteiger partial charge in [-0.05, 0) is 65.2 Å². The second kappa shape index (κ2) is 8.05. The van der Waals surface area contributed by atoms with E-state index in [9.17, 15) is 5.26 Å². The minimum atomic E-state index is -0.430. The summed E-state index contributed by atoms with van der Waals surface area (Å²) in [5.41, 5.74) is 2.13. The van der Waals surface area contributed by atoms with Gasteiger partial charge in [0.15, 0.2) is 0 Å². The van der Waals surface area contributed by atoms with Crippen molar-refractivity contribution >= 4 is 5.69 Å². The molecule has 0 spiro atoms. The lowest BCUT2D eigenvalue weighted by molar-refractivity contribution is 0.374. The molecule has 1 rings (SSSR count). The normalized spacial score (nSPS) is 13.8. The van der Waals surface area contributed by atoms with Crippen LogP contribution in [0, 0.1) is 18.3 Å². The van der Waals surface area contributed by atoms with Crippen LogP contribution in [0.5, 0.6) is 0 Å². The molecule has 3 heteroatoms. The second-order valence-electron chi connectivity index (χ2n) is 6.27. The third-order valence-corrected chi connectivity index (χ3v) is 3.71. The van der Waals surface area contributed by atoms with Gasteiger partial charge in [0.25, 0.3) is 0 Å². The van der Waals surface area contributed by atoms with Crippen molar-refractivity contribution in [3.63, 3.8) is 0 Å². The van der Waals surface area contributed by atoms with Crippen LogP contribution in [0.1, 0.15) is 46.1 Å². The highest BCUT2D eigenvalue weighted by Crippen LogP contribution is 2.18. The van der Waals surface area contributed by atoms with Crippen LogP contribution in [-0.2, 0) is 0 Å². The third kappa shape index (κ3) is 5.77. The van der Waals surface area contributed by atoms with E-state index in [1.54, 1.807) is 0 Å². The van der Waals surface area contributed by atoms with E-state index in [-0.39, 0.29) is 0 Å². The van der Waals surface area contributed by atoms with Gasteiger partial charge in [0.2, 0.25) is 0 Å². The topological polar surface area (TPSA) is 39.1 Å². The summed E-state index contributed by atoms with van der Waals surface area (Å²) in [6.07, 6.45) is 1.87. The summed E-state index contributed by atoms with van der Waals surface area (Å²) in [5, 5.41) is 12.8. The first-order chi connectivity index (χ1) is 9.90. The number of hydrogen-bond acceptors (Lipinski definition) is 3. The Labute approximate surface area is 130 Å². The van der Waals surface area contributed by atoms with Gasteiger partial charge in [-0.15, -0.1) is 0 Å². The Balaban J connectivity index is 2.58. The molecular weight excluding hydrogens is 258 g/mol. The zero-order chi connectivity index (χ0) is 15.9. The Morgan fingerprint density at radius 2 is 2.10 bits per heavy atom. The fourth-order valence-electron chi connectivity index (χ4n) is 2.72. The van der Waals surface area contributed by atoms with E-state index in [4.69, 9.17) is 0 Å². The monoisotopic (exact) mass is 287 g/mol. The molecule has 116 valence electrons. The number of nitriles is 1. The molecular formula is C18H29N3. The lowest BCUT2D eigenvalue weighted by Crippen LogP contribution is -2.45. The van der Waals surface area contributed by atoms with E-state index in [0.717, 1.165) is 25.9 Å². The molecule has 0 aromatic heterocycles. The van der Waals surface area contributed by atoms with Crippen molar-refractivity contribution in [2.45, 2.75) is 59.0 Å². The molecule has 0 fully saturated rings. The van der Waals surface area contributed by atoms with Gasteiger partial charge < -0.3 is 4.90 Å². The molecule has 1 N–H and O–H groups in total. The number of anilines is 1. The maximum Gasteiger partial charge on any atom is 0.104 e. The molecule has 1 aromatic carbocycles. The summed E-state index contributed by atoms with van der Waals surface area (Å²) in [4.78, 5) is 2.38. The van der Waals surface area contributed by atoms with E-state index >= 15 is 0 Å². The van der Waals surface area contributed by atoms with Crippen LogP contribution in [0.2, 0.25) is 0 Å². The zero-order valence-corrected chi connectivity index (χ0v) is 14.1. The minimum Gasteiger partial charge on any atom is -0.372 e. The SMILES string of the molecule is CCN(CCCC(C)(C#N)NC(C)C)c1cccc(C)c1. The Hall–Kier alpha value is -1.53. The fraction of sp³-hybridized carbons (Fsp3) is 0.611. The standard InChI is InChI=1S/C18H29N3/c1-6-21(17-10-7-9-16(4)13-17)12-8-11-18(5,14-19)20-15(2)3/h7,9-10,13,15,20H,6,8,11-12H2,1-5H3. The van der Waals surface area contributed by atoms with Gasteiger partial charge in [-0.2, -0.15) is 5.26 Å². The largest absolute Gasteiger partial charge is 0.372 e. The number of nitrogens with zero attached hydrogens (tertiary/aromatic N) is 2. The van der Waals surface area contributed by atoms with Gasteiger partial charge >= 0.3 is 0 Å². The van der Waals surface area contributed by atoms with Gasteiger partial charge in [-0.25, -0.2) is 0 Å². The molecule has 0 bridgehead atoms. The smallest absolute Gasteiger partial charge is 0.104 e. The second-order valence-corrected chi connectivity index (χ2v) is 6.27. The fourth-order valence-corrected chi connectivity index (χ4v) is 2.72. The van der Waals surface area contributed by atoms with Crippen molar-refractivity contribution in [1.29, 1.82) is 5.26 Å². The van der Waals surface area contributed by atoms with Crippen LogP contribution in [-0.4, -0.2) is 24.7 Å². The highest BCUT2D eigenvalue weighted by Gasteiger charge is 2.23. The number of aryl methyl sites for hydroxylation is 1. The van der Waals surface area contributed by atoms with E-state index in [2.05, 4.69) is 68.2 Å². The third-order valence-electron chi connectivity index (χ3n) is 3.71. The molecule has 0 saturated carbocycles. The molecule has 0 aliphatic carbocycles. The van der Waals surface area contributed by atoms with Crippen LogP contribution in [0.25, 0.3) is 0 Å². The molecule has 21 heavy (non-hydrogen) atoms. The Morgan fingerprint density at radius 1 is 1.38 bits per heavy atom. The van der Waals surface area contributed by atoms with Crippen LogP contribution in [0.3, 0.4) is 0 Å². The molecule has 1 unspecified atom stereocenters. The number of nitrogens with one attached hydrogen (secondary N) is 1. The van der Waals surface area contributed by atoms with Gasteiger partial charge in [0.05, 0.1) is 6.07 Å². The first kappa shape index (κ1) is 17.5. The summed E-state index contributed by atoms with van der Waals surface area (Å²) < 4.78 is 0. The van der Waals surface area contributed by atoms with Crippen molar-refractivity contribution in [3.05, 3.63) is 29.8 Å². The quantitative estimate of drug-likeness (QED) is 0.788. The molecule has 0 saturated heterocycles. The lowest BCUT2D eigenvalue weighted by atomic mass is 9.96. The average Bonchev–Trinajstić information content (AvgIpc) is 2.43. The molecule has 0 heterocycles. The van der Waals surface area contributed by atoms with Gasteiger partial charge in [0.1, 0.15) is 5.54 Å². The molecule has 3 nitrogen and oxygen atoms in total. The summed E-state index contributed by atoms with van der Waals surface area (Å²) in [6, 6.07) is 11.4. The molecule has 0 radical (unpaired) electrons. The molecule has 1 atom stereocenters. The van der Waals surface area contributed by atoms with Crippen molar-refractivity contribution < 1.29 is 0 Å². The van der Waals surface area contributed by atoms with E-state index < -0.39 is 5.54 Å². The highest BCUT2D eigenvalue weighted by molar-refractivity contribution is 5.48. The molecule has 1 aromatic rings. The molecule has 0 amide bonds. The van der Waals surface area contributed by atoms with E-state index in [1.807, 2.05) is 6.92 Å². The highest BCUT2D eigenvalue weighted by atomic mass is 15.1. The van der Waals surface area contributed by atoms with E-state index in [0.29, 0.717) is 6.04 Å². The first-order valence-corrected chi connectivity index (χ1v) is 7.91. The van der Waals surface area contributed by atoms with E-state index in [1.165, 1.54) is 11.3 Å². The van der Waals surface area contributed by atoms with Gasteiger partial charge in [-0.3, -0.25) is 5.32 Å². The first-order valence-electron chi connectivity index (χ1n) is 7.91. The van der Waals surface area contributed by atoms with Crippen molar-refractivity contribution in [3.8, 4) is 6.07 Å². The Morgan fingerprint density at radius 3 is 2.62 bits per heavy atom.